The van der Waals surface area contributed by atoms with Gasteiger partial charge in [-0.25, -0.2) is 4.98 Å². The van der Waals surface area contributed by atoms with Gasteiger partial charge in [-0.3, -0.25) is 4.79 Å². The molecule has 0 saturated carbocycles. The summed E-state index contributed by atoms with van der Waals surface area (Å²) in [5.74, 6) is 0.608. The van der Waals surface area contributed by atoms with Gasteiger partial charge in [0.15, 0.2) is 0 Å². The maximum absolute atomic E-state index is 11.8. The first-order chi connectivity index (χ1) is 9.63. The SMILES string of the molecule is Cc1ccc(SCc2cc(=O)n3ncsc3n2)c(N)c1. The number of hydrogen-bond acceptors (Lipinski definition) is 6. The molecule has 0 aliphatic rings. The van der Waals surface area contributed by atoms with Gasteiger partial charge in [-0.05, 0) is 24.6 Å². The van der Waals surface area contributed by atoms with Crippen LogP contribution in [0, 0.1) is 6.92 Å². The van der Waals surface area contributed by atoms with Crippen LogP contribution in [0.2, 0.25) is 0 Å². The predicted molar refractivity (Wildman–Crippen MR) is 82.3 cm³/mol. The van der Waals surface area contributed by atoms with Gasteiger partial charge in [0.2, 0.25) is 4.96 Å². The van der Waals surface area contributed by atoms with Crippen LogP contribution in [-0.2, 0) is 5.75 Å². The van der Waals surface area contributed by atoms with Crippen LogP contribution >= 0.6 is 23.1 Å². The maximum atomic E-state index is 11.8. The van der Waals surface area contributed by atoms with Crippen LogP contribution in [0.25, 0.3) is 4.96 Å². The second-order valence-corrected chi connectivity index (χ2v) is 6.18. The van der Waals surface area contributed by atoms with Gasteiger partial charge in [-0.1, -0.05) is 17.4 Å². The third kappa shape index (κ3) is 2.54. The molecule has 1 aromatic carbocycles. The topological polar surface area (TPSA) is 73.3 Å². The summed E-state index contributed by atoms with van der Waals surface area (Å²) in [5.41, 5.74) is 10.1. The molecule has 0 saturated heterocycles. The third-order valence-corrected chi connectivity index (χ3v) is 4.58. The Hall–Kier alpha value is -1.86. The Bertz CT molecular complexity index is 825. The van der Waals surface area contributed by atoms with Crippen molar-refractivity contribution in [1.29, 1.82) is 0 Å². The molecule has 2 heterocycles. The molecule has 0 radical (unpaired) electrons. The van der Waals surface area contributed by atoms with Crippen LogP contribution < -0.4 is 11.3 Å². The largest absolute Gasteiger partial charge is 0.398 e. The van der Waals surface area contributed by atoms with Crippen molar-refractivity contribution in [3.63, 3.8) is 0 Å². The zero-order valence-electron chi connectivity index (χ0n) is 10.7. The van der Waals surface area contributed by atoms with Gasteiger partial charge in [-0.15, -0.1) is 11.8 Å². The molecule has 3 aromatic rings. The van der Waals surface area contributed by atoms with Crippen molar-refractivity contribution >= 4 is 33.7 Å². The number of anilines is 1. The van der Waals surface area contributed by atoms with Crippen LogP contribution in [0.4, 0.5) is 5.69 Å². The van der Waals surface area contributed by atoms with Crippen molar-refractivity contribution in [3.05, 3.63) is 51.4 Å². The van der Waals surface area contributed by atoms with Crippen LogP contribution in [-0.4, -0.2) is 14.6 Å². The Morgan fingerprint density at radius 1 is 1.40 bits per heavy atom. The fraction of sp³-hybridized carbons (Fsp3) is 0.154. The summed E-state index contributed by atoms with van der Waals surface area (Å²) in [6.07, 6.45) is 0. The van der Waals surface area contributed by atoms with Gasteiger partial charge in [0.1, 0.15) is 5.51 Å². The van der Waals surface area contributed by atoms with Crippen molar-refractivity contribution in [2.45, 2.75) is 17.6 Å². The fourth-order valence-electron chi connectivity index (χ4n) is 1.83. The number of benzene rings is 1. The molecule has 2 N–H and O–H groups in total. The lowest BCUT2D eigenvalue weighted by Crippen LogP contribution is -2.14. The van der Waals surface area contributed by atoms with Gasteiger partial charge in [0.25, 0.3) is 5.56 Å². The first kappa shape index (κ1) is 13.1. The number of nitrogens with two attached hydrogens (primary N) is 1. The summed E-state index contributed by atoms with van der Waals surface area (Å²) in [4.78, 5) is 17.8. The smallest absolute Gasteiger partial charge is 0.275 e. The Kier molecular flexibility index (Phi) is 3.45. The van der Waals surface area contributed by atoms with Crippen LogP contribution in [0.1, 0.15) is 11.3 Å². The van der Waals surface area contributed by atoms with Crippen molar-refractivity contribution in [3.8, 4) is 0 Å². The number of aromatic nitrogens is 3. The van der Waals surface area contributed by atoms with E-state index in [0.29, 0.717) is 10.7 Å². The van der Waals surface area contributed by atoms with Crippen molar-refractivity contribution in [1.82, 2.24) is 14.6 Å². The van der Waals surface area contributed by atoms with Crippen LogP contribution in [0.5, 0.6) is 0 Å². The summed E-state index contributed by atoms with van der Waals surface area (Å²) in [5, 5.41) is 3.93. The molecule has 0 bridgehead atoms. The van der Waals surface area contributed by atoms with Crippen molar-refractivity contribution in [2.75, 3.05) is 5.73 Å². The minimum Gasteiger partial charge on any atom is -0.398 e. The van der Waals surface area contributed by atoms with E-state index in [2.05, 4.69) is 10.1 Å². The van der Waals surface area contributed by atoms with E-state index < -0.39 is 0 Å². The Morgan fingerprint density at radius 2 is 2.25 bits per heavy atom. The highest BCUT2D eigenvalue weighted by Crippen LogP contribution is 2.28. The molecule has 7 heteroatoms. The van der Waals surface area contributed by atoms with Gasteiger partial charge in [0, 0.05) is 22.4 Å². The fourth-order valence-corrected chi connectivity index (χ4v) is 3.31. The number of nitrogen functional groups attached to an aromatic ring is 1. The molecule has 0 fully saturated rings. The Morgan fingerprint density at radius 3 is 3.05 bits per heavy atom. The standard InChI is InChI=1S/C13H12N4OS2/c1-8-2-3-11(10(14)4-8)19-6-9-5-12(18)17-13(16-9)20-7-15-17/h2-5,7H,6,14H2,1H3. The molecule has 0 unspecified atom stereocenters. The molecular formula is C13H12N4OS2. The predicted octanol–water partition coefficient (Wildman–Crippen LogP) is 2.33. The second kappa shape index (κ2) is 5.26. The quantitative estimate of drug-likeness (QED) is 0.594. The molecule has 2 aromatic heterocycles. The number of thioether (sulfide) groups is 1. The zero-order valence-corrected chi connectivity index (χ0v) is 12.4. The third-order valence-electron chi connectivity index (χ3n) is 2.78. The van der Waals surface area contributed by atoms with E-state index in [1.54, 1.807) is 17.3 Å². The summed E-state index contributed by atoms with van der Waals surface area (Å²) >= 11 is 2.93. The van der Waals surface area contributed by atoms with E-state index in [-0.39, 0.29) is 5.56 Å². The lowest BCUT2D eigenvalue weighted by Gasteiger charge is -2.06. The van der Waals surface area contributed by atoms with E-state index in [0.717, 1.165) is 21.8 Å². The molecule has 0 atom stereocenters. The average molecular weight is 304 g/mol. The lowest BCUT2D eigenvalue weighted by molar-refractivity contribution is 0.888. The number of hydrogen-bond donors (Lipinski definition) is 1. The van der Waals surface area contributed by atoms with E-state index in [4.69, 9.17) is 5.73 Å². The van der Waals surface area contributed by atoms with E-state index in [1.807, 2.05) is 25.1 Å². The second-order valence-electron chi connectivity index (χ2n) is 4.35. The number of fused-ring (bicyclic) bond motifs is 1. The number of aryl methyl sites for hydroxylation is 1. The minimum atomic E-state index is -0.149. The van der Waals surface area contributed by atoms with Gasteiger partial charge in [-0.2, -0.15) is 9.61 Å². The first-order valence-corrected chi connectivity index (χ1v) is 7.81. The molecular weight excluding hydrogens is 292 g/mol. The van der Waals surface area contributed by atoms with E-state index in [1.165, 1.54) is 21.9 Å². The normalized spacial score (nSPS) is 11.1. The van der Waals surface area contributed by atoms with Crippen LogP contribution in [0.15, 0.2) is 39.5 Å². The lowest BCUT2D eigenvalue weighted by atomic mass is 10.2. The molecule has 102 valence electrons. The molecule has 0 amide bonds. The maximum Gasteiger partial charge on any atom is 0.275 e. The first-order valence-electron chi connectivity index (χ1n) is 5.95. The Labute approximate surface area is 123 Å². The van der Waals surface area contributed by atoms with Gasteiger partial charge < -0.3 is 5.73 Å². The number of nitrogens with zero attached hydrogens (tertiary/aromatic N) is 3. The van der Waals surface area contributed by atoms with Gasteiger partial charge >= 0.3 is 0 Å². The monoisotopic (exact) mass is 304 g/mol. The van der Waals surface area contributed by atoms with Crippen molar-refractivity contribution in [2.24, 2.45) is 0 Å². The highest BCUT2D eigenvalue weighted by molar-refractivity contribution is 7.98. The molecule has 0 aliphatic carbocycles. The molecule has 3 rings (SSSR count). The van der Waals surface area contributed by atoms with E-state index in [9.17, 15) is 4.79 Å². The molecule has 5 nitrogen and oxygen atoms in total. The summed E-state index contributed by atoms with van der Waals surface area (Å²) in [6.45, 7) is 2.00. The Balaban J connectivity index is 1.84. The highest BCUT2D eigenvalue weighted by atomic mass is 32.2. The van der Waals surface area contributed by atoms with Gasteiger partial charge in [0.05, 0.1) is 5.69 Å². The minimum absolute atomic E-state index is 0.149. The zero-order chi connectivity index (χ0) is 14.1. The summed E-state index contributed by atoms with van der Waals surface area (Å²) in [6, 6.07) is 7.47. The summed E-state index contributed by atoms with van der Waals surface area (Å²) < 4.78 is 1.30. The highest BCUT2D eigenvalue weighted by Gasteiger charge is 2.06. The van der Waals surface area contributed by atoms with E-state index >= 15 is 0 Å². The molecule has 0 spiro atoms. The average Bonchev–Trinajstić information content (AvgIpc) is 2.86. The summed E-state index contributed by atoms with van der Waals surface area (Å²) in [7, 11) is 0. The van der Waals surface area contributed by atoms with Crippen molar-refractivity contribution < 1.29 is 0 Å². The van der Waals surface area contributed by atoms with Crippen LogP contribution in [0.3, 0.4) is 0 Å². The molecule has 0 aliphatic heterocycles. The number of rotatable bonds is 3. The molecule has 20 heavy (non-hydrogen) atoms.